The molecule has 276 valence electrons. The first-order chi connectivity index (χ1) is 29.3. The van der Waals surface area contributed by atoms with Gasteiger partial charge in [0.2, 0.25) is 0 Å². The fraction of sp³-hybridized carbons (Fsp3) is 0. The number of hydrogen-bond donors (Lipinski definition) is 0. The van der Waals surface area contributed by atoms with Crippen LogP contribution in [-0.4, -0.2) is 28.7 Å². The Labute approximate surface area is 339 Å². The molecular formula is C53H34N6. The van der Waals surface area contributed by atoms with Gasteiger partial charge in [0.05, 0.1) is 27.6 Å². The molecule has 12 aromatic rings. The molecule has 0 atom stereocenters. The highest BCUT2D eigenvalue weighted by molar-refractivity contribution is 6.19. The molecular weight excluding hydrogens is 721 g/mol. The summed E-state index contributed by atoms with van der Waals surface area (Å²) >= 11 is 0. The van der Waals surface area contributed by atoms with Gasteiger partial charge < -0.3 is 13.7 Å². The molecule has 0 amide bonds. The SMILES string of the molecule is c1ccc(-c2nc(-c3ccccc3)nc(-c3ccc4c(c3)c3cc(-n5c6ccccc6c6ccc7c(ccn7-c7ccccc7)c65)ccc3n4-c3ccccc3)n2)cc1. The summed E-state index contributed by atoms with van der Waals surface area (Å²) < 4.78 is 7.09. The van der Waals surface area contributed by atoms with E-state index in [1.807, 2.05) is 60.7 Å². The molecule has 6 nitrogen and oxygen atoms in total. The summed E-state index contributed by atoms with van der Waals surface area (Å²) in [5.41, 5.74) is 11.9. The molecule has 0 aliphatic heterocycles. The van der Waals surface area contributed by atoms with Crippen molar-refractivity contribution in [2.75, 3.05) is 0 Å². The van der Waals surface area contributed by atoms with E-state index in [1.165, 1.54) is 32.7 Å². The second-order valence-corrected chi connectivity index (χ2v) is 14.9. The predicted molar refractivity (Wildman–Crippen MR) is 242 cm³/mol. The lowest BCUT2D eigenvalue weighted by Crippen LogP contribution is -2.00. The molecule has 6 heteroatoms. The number of aromatic nitrogens is 6. The quantitative estimate of drug-likeness (QED) is 0.170. The van der Waals surface area contributed by atoms with Crippen LogP contribution in [0.4, 0.5) is 0 Å². The molecule has 0 N–H and O–H groups in total. The Kier molecular flexibility index (Phi) is 7.43. The number of fused-ring (bicyclic) bond motifs is 8. The number of rotatable bonds is 6. The second-order valence-electron chi connectivity index (χ2n) is 14.9. The van der Waals surface area contributed by atoms with E-state index in [9.17, 15) is 0 Å². The Hall–Kier alpha value is -8.09. The summed E-state index contributed by atoms with van der Waals surface area (Å²) in [6.45, 7) is 0. The van der Waals surface area contributed by atoms with Crippen LogP contribution in [0.3, 0.4) is 0 Å². The second kappa shape index (κ2) is 13.3. The molecule has 0 aliphatic rings. The highest BCUT2D eigenvalue weighted by Gasteiger charge is 2.20. The van der Waals surface area contributed by atoms with E-state index in [1.54, 1.807) is 0 Å². The summed E-state index contributed by atoms with van der Waals surface area (Å²) in [4.78, 5) is 15.1. The molecule has 0 spiro atoms. The Morgan fingerprint density at radius 1 is 0.288 bits per heavy atom. The van der Waals surface area contributed by atoms with Gasteiger partial charge in [0.25, 0.3) is 0 Å². The van der Waals surface area contributed by atoms with Gasteiger partial charge in [-0.1, -0.05) is 121 Å². The van der Waals surface area contributed by atoms with Crippen LogP contribution in [0.2, 0.25) is 0 Å². The third kappa shape index (κ3) is 5.31. The minimum absolute atomic E-state index is 0.629. The maximum absolute atomic E-state index is 5.10. The zero-order valence-corrected chi connectivity index (χ0v) is 31.8. The summed E-state index contributed by atoms with van der Waals surface area (Å²) in [6.07, 6.45) is 2.19. The van der Waals surface area contributed by atoms with Crippen molar-refractivity contribution in [3.8, 4) is 51.2 Å². The van der Waals surface area contributed by atoms with Crippen molar-refractivity contribution in [3.05, 3.63) is 206 Å². The third-order valence-corrected chi connectivity index (χ3v) is 11.5. The molecule has 0 saturated heterocycles. The Bertz CT molecular complexity index is 3470. The van der Waals surface area contributed by atoms with E-state index < -0.39 is 0 Å². The van der Waals surface area contributed by atoms with Gasteiger partial charge in [-0.3, -0.25) is 0 Å². The summed E-state index contributed by atoms with van der Waals surface area (Å²) in [5, 5.41) is 5.92. The Balaban J connectivity index is 1.12. The van der Waals surface area contributed by atoms with Crippen molar-refractivity contribution < 1.29 is 0 Å². The van der Waals surface area contributed by atoms with Crippen molar-refractivity contribution in [3.63, 3.8) is 0 Å². The van der Waals surface area contributed by atoms with Crippen LogP contribution in [0.15, 0.2) is 206 Å². The maximum Gasteiger partial charge on any atom is 0.164 e. The minimum atomic E-state index is 0.629. The molecule has 0 bridgehead atoms. The van der Waals surface area contributed by atoms with E-state index in [0.29, 0.717) is 17.5 Å². The molecule has 0 radical (unpaired) electrons. The van der Waals surface area contributed by atoms with Crippen molar-refractivity contribution in [1.29, 1.82) is 0 Å². The zero-order chi connectivity index (χ0) is 38.9. The average Bonchev–Trinajstić information content (AvgIpc) is 4.00. The fourth-order valence-corrected chi connectivity index (χ4v) is 8.84. The van der Waals surface area contributed by atoms with E-state index in [2.05, 4.69) is 159 Å². The predicted octanol–water partition coefficient (Wildman–Crippen LogP) is 13.0. The summed E-state index contributed by atoms with van der Waals surface area (Å²) in [5.74, 6) is 1.91. The Morgan fingerprint density at radius 2 is 0.814 bits per heavy atom. The molecule has 0 unspecified atom stereocenters. The van der Waals surface area contributed by atoms with Crippen molar-refractivity contribution in [1.82, 2.24) is 28.7 Å². The van der Waals surface area contributed by atoms with Gasteiger partial charge >= 0.3 is 0 Å². The van der Waals surface area contributed by atoms with E-state index in [0.717, 1.165) is 55.6 Å². The van der Waals surface area contributed by atoms with Gasteiger partial charge in [-0.15, -0.1) is 0 Å². The van der Waals surface area contributed by atoms with Gasteiger partial charge in [-0.05, 0) is 78.9 Å². The van der Waals surface area contributed by atoms with Gasteiger partial charge in [0.15, 0.2) is 17.5 Å². The first kappa shape index (κ1) is 33.1. The standard InChI is InChI=1S/C53H34N6/c1-5-15-35(16-6-1)51-54-52(36-17-7-2-8-18-36)56-53(55-51)37-25-28-48-44(33-37)45-34-40(26-29-49(45)58(48)39-21-11-4-12-22-39)59-47-24-14-13-23-41(47)42-27-30-46-43(50(42)59)31-32-57(46)38-19-9-3-10-20-38/h1-34H. The van der Waals surface area contributed by atoms with E-state index in [4.69, 9.17) is 15.0 Å². The largest absolute Gasteiger partial charge is 0.316 e. The number of hydrogen-bond acceptors (Lipinski definition) is 3. The van der Waals surface area contributed by atoms with Gasteiger partial charge in [-0.25, -0.2) is 15.0 Å². The molecule has 0 fully saturated rings. The average molecular weight is 755 g/mol. The minimum Gasteiger partial charge on any atom is -0.316 e. The molecule has 0 aliphatic carbocycles. The van der Waals surface area contributed by atoms with Crippen molar-refractivity contribution in [2.45, 2.75) is 0 Å². The summed E-state index contributed by atoms with van der Waals surface area (Å²) in [6, 6.07) is 70.5. The molecule has 8 aromatic carbocycles. The Morgan fingerprint density at radius 3 is 1.49 bits per heavy atom. The highest BCUT2D eigenvalue weighted by Crippen LogP contribution is 2.41. The summed E-state index contributed by atoms with van der Waals surface area (Å²) in [7, 11) is 0. The molecule has 59 heavy (non-hydrogen) atoms. The number of para-hydroxylation sites is 3. The van der Waals surface area contributed by atoms with Gasteiger partial charge in [-0.2, -0.15) is 0 Å². The topological polar surface area (TPSA) is 53.5 Å². The number of benzene rings is 8. The van der Waals surface area contributed by atoms with Crippen LogP contribution < -0.4 is 0 Å². The lowest BCUT2D eigenvalue weighted by atomic mass is 10.1. The van der Waals surface area contributed by atoms with Crippen LogP contribution in [0.5, 0.6) is 0 Å². The van der Waals surface area contributed by atoms with Gasteiger partial charge in [0.1, 0.15) is 0 Å². The van der Waals surface area contributed by atoms with Crippen LogP contribution in [0, 0.1) is 0 Å². The fourth-order valence-electron chi connectivity index (χ4n) is 8.84. The lowest BCUT2D eigenvalue weighted by molar-refractivity contribution is 1.07. The van der Waals surface area contributed by atoms with Crippen LogP contribution in [-0.2, 0) is 0 Å². The molecule has 0 saturated carbocycles. The third-order valence-electron chi connectivity index (χ3n) is 11.5. The highest BCUT2D eigenvalue weighted by atomic mass is 15.0. The van der Waals surface area contributed by atoms with E-state index in [-0.39, 0.29) is 0 Å². The first-order valence-electron chi connectivity index (χ1n) is 19.9. The van der Waals surface area contributed by atoms with Crippen molar-refractivity contribution >= 4 is 54.5 Å². The molecule has 4 heterocycles. The first-order valence-corrected chi connectivity index (χ1v) is 19.9. The van der Waals surface area contributed by atoms with Crippen molar-refractivity contribution in [2.24, 2.45) is 0 Å². The van der Waals surface area contributed by atoms with Crippen LogP contribution >= 0.6 is 0 Å². The normalized spacial score (nSPS) is 11.7. The van der Waals surface area contributed by atoms with Crippen LogP contribution in [0.25, 0.3) is 106 Å². The monoisotopic (exact) mass is 754 g/mol. The van der Waals surface area contributed by atoms with E-state index >= 15 is 0 Å². The lowest BCUT2D eigenvalue weighted by Gasteiger charge is -2.11. The smallest absolute Gasteiger partial charge is 0.164 e. The van der Waals surface area contributed by atoms with Gasteiger partial charge in [0, 0.05) is 66.9 Å². The molecule has 12 rings (SSSR count). The molecule has 4 aromatic heterocycles. The number of nitrogens with zero attached hydrogens (tertiary/aromatic N) is 6. The zero-order valence-electron chi connectivity index (χ0n) is 31.8. The maximum atomic E-state index is 5.10. The van der Waals surface area contributed by atoms with Crippen LogP contribution in [0.1, 0.15) is 0 Å².